The van der Waals surface area contributed by atoms with Crippen LogP contribution >= 0.6 is 0 Å². The third kappa shape index (κ3) is 9.09. The lowest BCUT2D eigenvalue weighted by molar-refractivity contribution is -0.165. The van der Waals surface area contributed by atoms with Gasteiger partial charge in [-0.25, -0.2) is 9.59 Å². The Kier molecular flexibility index (Phi) is 10.1. The van der Waals surface area contributed by atoms with Gasteiger partial charge in [0, 0.05) is 13.2 Å². The summed E-state index contributed by atoms with van der Waals surface area (Å²) in [5.74, 6) is -3.54. The van der Waals surface area contributed by atoms with Crippen molar-refractivity contribution in [1.29, 1.82) is 0 Å². The van der Waals surface area contributed by atoms with Gasteiger partial charge in [-0.3, -0.25) is 0 Å². The van der Waals surface area contributed by atoms with Crippen LogP contribution in [-0.2, 0) is 9.59 Å². The number of carboxylic acid groups (broad SMARTS) is 2. The van der Waals surface area contributed by atoms with E-state index in [1.54, 1.807) is 0 Å². The highest BCUT2D eigenvalue weighted by Gasteiger charge is 2.29. The molecule has 8 heteroatoms. The Hall–Kier alpha value is -1.22. The molecule has 0 spiro atoms. The first-order valence-corrected chi connectivity index (χ1v) is 3.91. The number of aliphatic hydroxyl groups excluding tert-OH is 4. The fourth-order valence-electron chi connectivity index (χ4n) is 0.341. The first-order valence-electron chi connectivity index (χ1n) is 3.91. The van der Waals surface area contributed by atoms with Crippen molar-refractivity contribution in [3.8, 4) is 0 Å². The lowest BCUT2D eigenvalue weighted by Crippen LogP contribution is -2.39. The second-order valence-corrected chi connectivity index (χ2v) is 2.37. The molecule has 0 aromatic carbocycles. The Balaban J connectivity index is 0. The third-order valence-electron chi connectivity index (χ3n) is 1.12. The second kappa shape index (κ2) is 9.34. The molecule has 0 heterocycles. The Morgan fingerprint density at radius 1 is 0.867 bits per heavy atom. The van der Waals surface area contributed by atoms with Crippen LogP contribution in [0.5, 0.6) is 0 Å². The van der Waals surface area contributed by atoms with Gasteiger partial charge < -0.3 is 30.6 Å². The first kappa shape index (κ1) is 16.2. The summed E-state index contributed by atoms with van der Waals surface area (Å²) < 4.78 is 0. The van der Waals surface area contributed by atoms with Crippen molar-refractivity contribution < 1.29 is 40.2 Å². The van der Waals surface area contributed by atoms with Crippen molar-refractivity contribution >= 4 is 11.9 Å². The highest BCUT2D eigenvalue weighted by atomic mass is 16.4. The standard InChI is InChI=1S/C4H6O6.C3H8O2/c5-1(3(7)8)2(6)4(9)10;4-2-1-3-5/h1-2,5-6H,(H,7,8)(H,9,10);4-5H,1-3H2. The van der Waals surface area contributed by atoms with E-state index in [4.69, 9.17) is 30.6 Å². The predicted molar refractivity (Wildman–Crippen MR) is 46.1 cm³/mol. The minimum atomic E-state index is -2.27. The van der Waals surface area contributed by atoms with E-state index in [2.05, 4.69) is 0 Å². The normalized spacial score (nSPS) is 13.3. The van der Waals surface area contributed by atoms with E-state index in [9.17, 15) is 9.59 Å². The monoisotopic (exact) mass is 226 g/mol. The van der Waals surface area contributed by atoms with Gasteiger partial charge in [0.05, 0.1) is 0 Å². The summed E-state index contributed by atoms with van der Waals surface area (Å²) in [5, 5.41) is 48.3. The molecule has 6 N–H and O–H groups in total. The molecule has 0 saturated carbocycles. The molecule has 0 fully saturated rings. The molecular formula is C7H14O8. The van der Waals surface area contributed by atoms with E-state index in [0.29, 0.717) is 6.42 Å². The number of hydrogen-bond donors (Lipinski definition) is 6. The van der Waals surface area contributed by atoms with Crippen molar-refractivity contribution in [3.05, 3.63) is 0 Å². The lowest BCUT2D eigenvalue weighted by atomic mass is 10.2. The predicted octanol–water partition coefficient (Wildman–Crippen LogP) is -2.76. The van der Waals surface area contributed by atoms with Gasteiger partial charge in [-0.05, 0) is 6.42 Å². The lowest BCUT2D eigenvalue weighted by Gasteiger charge is -2.07. The fourth-order valence-corrected chi connectivity index (χ4v) is 0.341. The minimum Gasteiger partial charge on any atom is -0.479 e. The number of aliphatic carboxylic acids is 2. The van der Waals surface area contributed by atoms with Gasteiger partial charge in [0.15, 0.2) is 12.2 Å². The summed E-state index contributed by atoms with van der Waals surface area (Å²) in [5.41, 5.74) is 0. The van der Waals surface area contributed by atoms with Crippen molar-refractivity contribution in [3.63, 3.8) is 0 Å². The van der Waals surface area contributed by atoms with Crippen LogP contribution in [0.3, 0.4) is 0 Å². The van der Waals surface area contributed by atoms with Crippen molar-refractivity contribution in [2.45, 2.75) is 18.6 Å². The van der Waals surface area contributed by atoms with E-state index in [-0.39, 0.29) is 13.2 Å². The van der Waals surface area contributed by atoms with Crippen molar-refractivity contribution in [1.82, 2.24) is 0 Å². The average molecular weight is 226 g/mol. The molecule has 0 radical (unpaired) electrons. The summed E-state index contributed by atoms with van der Waals surface area (Å²) in [6.07, 6.45) is -4.03. The van der Waals surface area contributed by atoms with Gasteiger partial charge in [-0.1, -0.05) is 0 Å². The Bertz CT molecular complexity index is 171. The molecule has 0 bridgehead atoms. The van der Waals surface area contributed by atoms with Gasteiger partial charge >= 0.3 is 11.9 Å². The number of hydrogen-bond acceptors (Lipinski definition) is 6. The Labute approximate surface area is 85.0 Å². The van der Waals surface area contributed by atoms with Crippen LogP contribution in [0.1, 0.15) is 6.42 Å². The van der Waals surface area contributed by atoms with Crippen LogP contribution in [0.4, 0.5) is 0 Å². The summed E-state index contributed by atoms with van der Waals surface area (Å²) in [6, 6.07) is 0. The molecule has 0 amide bonds. The van der Waals surface area contributed by atoms with E-state index in [0.717, 1.165) is 0 Å². The zero-order valence-corrected chi connectivity index (χ0v) is 7.78. The van der Waals surface area contributed by atoms with E-state index in [1.807, 2.05) is 0 Å². The zero-order chi connectivity index (χ0) is 12.4. The van der Waals surface area contributed by atoms with Gasteiger partial charge in [0.1, 0.15) is 0 Å². The molecule has 2 unspecified atom stereocenters. The molecule has 0 aliphatic rings. The zero-order valence-electron chi connectivity index (χ0n) is 7.78. The molecule has 0 aliphatic carbocycles. The topological polar surface area (TPSA) is 156 Å². The van der Waals surface area contributed by atoms with Gasteiger partial charge in [0.25, 0.3) is 0 Å². The Morgan fingerprint density at radius 2 is 1.13 bits per heavy atom. The van der Waals surface area contributed by atoms with Crippen LogP contribution in [0.2, 0.25) is 0 Å². The smallest absolute Gasteiger partial charge is 0.335 e. The summed E-state index contributed by atoms with van der Waals surface area (Å²) >= 11 is 0. The van der Waals surface area contributed by atoms with Crippen molar-refractivity contribution in [2.75, 3.05) is 13.2 Å². The molecule has 0 saturated heterocycles. The summed E-state index contributed by atoms with van der Waals surface area (Å²) in [4.78, 5) is 19.5. The second-order valence-electron chi connectivity index (χ2n) is 2.37. The maximum Gasteiger partial charge on any atom is 0.335 e. The quantitative estimate of drug-likeness (QED) is 0.294. The largest absolute Gasteiger partial charge is 0.479 e. The third-order valence-corrected chi connectivity index (χ3v) is 1.12. The van der Waals surface area contributed by atoms with Crippen LogP contribution in [-0.4, -0.2) is 68.0 Å². The molecule has 90 valence electrons. The molecule has 0 aliphatic heterocycles. The number of aliphatic hydroxyl groups is 4. The van der Waals surface area contributed by atoms with E-state index >= 15 is 0 Å². The van der Waals surface area contributed by atoms with Crippen LogP contribution in [0.15, 0.2) is 0 Å². The van der Waals surface area contributed by atoms with E-state index in [1.165, 1.54) is 0 Å². The van der Waals surface area contributed by atoms with Gasteiger partial charge in [-0.2, -0.15) is 0 Å². The Morgan fingerprint density at radius 3 is 1.20 bits per heavy atom. The molecule has 8 nitrogen and oxygen atoms in total. The molecule has 0 rings (SSSR count). The highest BCUT2D eigenvalue weighted by Crippen LogP contribution is 1.92. The molecule has 0 aromatic heterocycles. The van der Waals surface area contributed by atoms with E-state index < -0.39 is 24.1 Å². The highest BCUT2D eigenvalue weighted by molar-refractivity contribution is 5.82. The molecule has 2 atom stereocenters. The van der Waals surface area contributed by atoms with Crippen molar-refractivity contribution in [2.24, 2.45) is 0 Å². The van der Waals surface area contributed by atoms with Gasteiger partial charge in [0.2, 0.25) is 0 Å². The number of rotatable bonds is 5. The van der Waals surface area contributed by atoms with Crippen LogP contribution < -0.4 is 0 Å². The molecule has 0 aromatic rings. The molecule has 15 heavy (non-hydrogen) atoms. The molecular weight excluding hydrogens is 212 g/mol. The van der Waals surface area contributed by atoms with Crippen LogP contribution in [0.25, 0.3) is 0 Å². The van der Waals surface area contributed by atoms with Crippen LogP contribution in [0, 0.1) is 0 Å². The maximum absolute atomic E-state index is 9.77. The first-order chi connectivity index (χ1) is 6.88. The minimum absolute atomic E-state index is 0.0938. The number of carbonyl (C=O) groups is 2. The summed E-state index contributed by atoms with van der Waals surface area (Å²) in [6.45, 7) is 0.188. The number of carboxylic acids is 2. The maximum atomic E-state index is 9.77. The summed E-state index contributed by atoms with van der Waals surface area (Å²) in [7, 11) is 0. The SMILES string of the molecule is O=C(O)C(O)C(O)C(=O)O.OCCCO. The fraction of sp³-hybridized carbons (Fsp3) is 0.714. The van der Waals surface area contributed by atoms with Gasteiger partial charge in [-0.15, -0.1) is 0 Å². The average Bonchev–Trinajstić information content (AvgIpc) is 2.17.